The van der Waals surface area contributed by atoms with Gasteiger partial charge in [0.25, 0.3) is 5.91 Å². The van der Waals surface area contributed by atoms with Crippen LogP contribution < -0.4 is 15.5 Å². The molecule has 0 saturated carbocycles. The second-order valence-electron chi connectivity index (χ2n) is 7.99. The quantitative estimate of drug-likeness (QED) is 0.668. The Bertz CT molecular complexity index is 972. The number of benzene rings is 2. The molecule has 2 aliphatic rings. The highest BCUT2D eigenvalue weighted by Crippen LogP contribution is 2.29. The van der Waals surface area contributed by atoms with E-state index in [1.807, 2.05) is 11.0 Å². The number of hydrogen-bond donors (Lipinski definition) is 2. The van der Waals surface area contributed by atoms with E-state index in [-0.39, 0.29) is 10.9 Å². The van der Waals surface area contributed by atoms with E-state index < -0.39 is 11.8 Å². The maximum Gasteiger partial charge on any atom is 0.323 e. The molecule has 0 aliphatic carbocycles. The number of halogens is 2. The van der Waals surface area contributed by atoms with Crippen molar-refractivity contribution < 1.29 is 14.0 Å². The van der Waals surface area contributed by atoms with Gasteiger partial charge in [0.2, 0.25) is 0 Å². The van der Waals surface area contributed by atoms with E-state index in [2.05, 4.69) is 15.5 Å². The number of amides is 3. The van der Waals surface area contributed by atoms with Gasteiger partial charge in [-0.05, 0) is 68.5 Å². The van der Waals surface area contributed by atoms with Crippen molar-refractivity contribution in [3.63, 3.8) is 0 Å². The fraction of sp³-hybridized carbons (Fsp3) is 0.391. The first-order valence-electron chi connectivity index (χ1n) is 10.7. The molecule has 0 radical (unpaired) electrons. The Labute approximate surface area is 186 Å². The molecule has 2 fully saturated rings. The van der Waals surface area contributed by atoms with Gasteiger partial charge >= 0.3 is 6.03 Å². The second kappa shape index (κ2) is 9.56. The second-order valence-corrected chi connectivity index (χ2v) is 8.39. The average Bonchev–Trinajstić information content (AvgIpc) is 3.31. The van der Waals surface area contributed by atoms with Gasteiger partial charge in [0, 0.05) is 43.2 Å². The normalized spacial score (nSPS) is 16.3. The summed E-state index contributed by atoms with van der Waals surface area (Å²) in [6.07, 6.45) is 5.41. The van der Waals surface area contributed by atoms with Crippen molar-refractivity contribution >= 4 is 40.6 Å². The van der Waals surface area contributed by atoms with Crippen molar-refractivity contribution in [3.8, 4) is 0 Å². The summed E-state index contributed by atoms with van der Waals surface area (Å²) in [6, 6.07) is 8.94. The van der Waals surface area contributed by atoms with Gasteiger partial charge in [0.05, 0.1) is 10.6 Å². The number of anilines is 3. The van der Waals surface area contributed by atoms with Gasteiger partial charge < -0.3 is 20.4 Å². The van der Waals surface area contributed by atoms with Gasteiger partial charge in [0.15, 0.2) is 0 Å². The minimum atomic E-state index is -0.550. The van der Waals surface area contributed by atoms with Gasteiger partial charge in [-0.3, -0.25) is 4.79 Å². The van der Waals surface area contributed by atoms with Crippen molar-refractivity contribution in [2.75, 3.05) is 41.7 Å². The van der Waals surface area contributed by atoms with E-state index in [1.165, 1.54) is 18.2 Å². The number of urea groups is 1. The highest BCUT2D eigenvalue weighted by molar-refractivity contribution is 6.31. The van der Waals surface area contributed by atoms with Crippen LogP contribution in [0.1, 0.15) is 42.5 Å². The molecule has 2 saturated heterocycles. The lowest BCUT2D eigenvalue weighted by atomic mass is 10.1. The number of hydrogen-bond acceptors (Lipinski definition) is 3. The zero-order valence-electron chi connectivity index (χ0n) is 17.3. The van der Waals surface area contributed by atoms with Crippen molar-refractivity contribution in [2.24, 2.45) is 0 Å². The predicted octanol–water partition coefficient (Wildman–Crippen LogP) is 5.35. The molecule has 31 heavy (non-hydrogen) atoms. The molecule has 2 N–H and O–H groups in total. The van der Waals surface area contributed by atoms with Crippen molar-refractivity contribution in [2.45, 2.75) is 32.1 Å². The molecule has 2 aromatic rings. The summed E-state index contributed by atoms with van der Waals surface area (Å²) in [5, 5.41) is 5.33. The molecule has 2 heterocycles. The van der Waals surface area contributed by atoms with E-state index in [0.29, 0.717) is 16.9 Å². The lowest BCUT2D eigenvalue weighted by Crippen LogP contribution is -2.36. The van der Waals surface area contributed by atoms with Crippen LogP contribution in [-0.2, 0) is 0 Å². The topological polar surface area (TPSA) is 64.7 Å². The van der Waals surface area contributed by atoms with Crippen molar-refractivity contribution in [1.29, 1.82) is 0 Å². The molecule has 0 unspecified atom stereocenters. The summed E-state index contributed by atoms with van der Waals surface area (Å²) < 4.78 is 13.3. The lowest BCUT2D eigenvalue weighted by Gasteiger charge is -2.29. The van der Waals surface area contributed by atoms with E-state index in [4.69, 9.17) is 11.6 Å². The number of likely N-dealkylation sites (tertiary alicyclic amines) is 1. The minimum Gasteiger partial charge on any atom is -0.371 e. The third kappa shape index (κ3) is 5.10. The number of nitrogens with zero attached hydrogens (tertiary/aromatic N) is 2. The summed E-state index contributed by atoms with van der Waals surface area (Å²) >= 11 is 5.77. The highest BCUT2D eigenvalue weighted by Gasteiger charge is 2.25. The van der Waals surface area contributed by atoms with Crippen LogP contribution in [-0.4, -0.2) is 43.0 Å². The Kier molecular flexibility index (Phi) is 6.61. The standard InChI is InChI=1S/C23H26ClFN4O2/c24-19-15-17(6-8-20(19)25)27-23(31)26-16-7-9-21(28-10-4-5-11-28)18(14-16)22(30)29-12-2-1-3-13-29/h6-9,14-15H,1-5,10-13H2,(H2,26,27,31). The SMILES string of the molecule is O=C(Nc1ccc(F)c(Cl)c1)Nc1ccc(N2CCCC2)c(C(=O)N2CCCCC2)c1. The van der Waals surface area contributed by atoms with Crippen LogP contribution in [0.3, 0.4) is 0 Å². The fourth-order valence-electron chi connectivity index (χ4n) is 4.15. The van der Waals surface area contributed by atoms with Gasteiger partial charge in [-0.1, -0.05) is 11.6 Å². The smallest absolute Gasteiger partial charge is 0.323 e. The minimum absolute atomic E-state index is 0.0102. The van der Waals surface area contributed by atoms with Gasteiger partial charge in [-0.25, -0.2) is 9.18 Å². The Balaban J connectivity index is 1.54. The molecule has 0 aromatic heterocycles. The predicted molar refractivity (Wildman–Crippen MR) is 122 cm³/mol. The van der Waals surface area contributed by atoms with Crippen LogP contribution in [0.2, 0.25) is 5.02 Å². The van der Waals surface area contributed by atoms with Crippen molar-refractivity contribution in [1.82, 2.24) is 4.90 Å². The summed E-state index contributed by atoms with van der Waals surface area (Å²) in [7, 11) is 0. The van der Waals surface area contributed by atoms with Crippen molar-refractivity contribution in [3.05, 3.63) is 52.8 Å². The van der Waals surface area contributed by atoms with E-state index in [1.54, 1.807) is 12.1 Å². The highest BCUT2D eigenvalue weighted by atomic mass is 35.5. The summed E-state index contributed by atoms with van der Waals surface area (Å²) in [5.41, 5.74) is 2.44. The maximum absolute atomic E-state index is 13.3. The number of rotatable bonds is 4. The Morgan fingerprint density at radius 1 is 0.839 bits per heavy atom. The molecule has 0 atom stereocenters. The Hall–Kier alpha value is -2.80. The number of carbonyl (C=O) groups excluding carboxylic acids is 2. The molecule has 6 nitrogen and oxygen atoms in total. The molecule has 2 aromatic carbocycles. The van der Waals surface area contributed by atoms with Crippen LogP contribution in [0.4, 0.5) is 26.2 Å². The first-order valence-corrected chi connectivity index (χ1v) is 11.1. The number of piperidine rings is 1. The van der Waals surface area contributed by atoms with Crippen LogP contribution in [0.25, 0.3) is 0 Å². The average molecular weight is 445 g/mol. The first-order chi connectivity index (χ1) is 15.0. The largest absolute Gasteiger partial charge is 0.371 e. The number of nitrogens with one attached hydrogen (secondary N) is 2. The Morgan fingerprint density at radius 2 is 1.45 bits per heavy atom. The zero-order chi connectivity index (χ0) is 21.8. The molecule has 4 rings (SSSR count). The van der Waals surface area contributed by atoms with Crippen LogP contribution >= 0.6 is 11.6 Å². The van der Waals surface area contributed by atoms with E-state index in [0.717, 1.165) is 64.0 Å². The fourth-order valence-corrected chi connectivity index (χ4v) is 4.33. The van der Waals surface area contributed by atoms with Gasteiger partial charge in [-0.15, -0.1) is 0 Å². The molecule has 0 spiro atoms. The molecule has 2 aliphatic heterocycles. The maximum atomic E-state index is 13.3. The molecule has 0 bridgehead atoms. The monoisotopic (exact) mass is 444 g/mol. The van der Waals surface area contributed by atoms with Gasteiger partial charge in [0.1, 0.15) is 5.82 Å². The molecule has 8 heteroatoms. The van der Waals surface area contributed by atoms with E-state index in [9.17, 15) is 14.0 Å². The van der Waals surface area contributed by atoms with E-state index >= 15 is 0 Å². The summed E-state index contributed by atoms with van der Waals surface area (Å²) in [4.78, 5) is 29.9. The van der Waals surface area contributed by atoms with Gasteiger partial charge in [-0.2, -0.15) is 0 Å². The summed E-state index contributed by atoms with van der Waals surface area (Å²) in [5.74, 6) is -0.540. The van der Waals surface area contributed by atoms with Crippen LogP contribution in [0.5, 0.6) is 0 Å². The molecular weight excluding hydrogens is 419 g/mol. The van der Waals surface area contributed by atoms with Crippen LogP contribution in [0.15, 0.2) is 36.4 Å². The lowest BCUT2D eigenvalue weighted by molar-refractivity contribution is 0.0725. The number of carbonyl (C=O) groups is 2. The third-order valence-corrected chi connectivity index (χ3v) is 6.04. The third-order valence-electron chi connectivity index (χ3n) is 5.75. The first kappa shape index (κ1) is 21.4. The zero-order valence-corrected chi connectivity index (χ0v) is 18.1. The molecular formula is C23H26ClFN4O2. The molecule has 3 amide bonds. The van der Waals surface area contributed by atoms with Crippen LogP contribution in [0, 0.1) is 5.82 Å². The molecule has 164 valence electrons. The Morgan fingerprint density at radius 3 is 2.13 bits per heavy atom. The summed E-state index contributed by atoms with van der Waals surface area (Å²) in [6.45, 7) is 3.39.